The Bertz CT molecular complexity index is 293. The van der Waals surface area contributed by atoms with Gasteiger partial charge in [0.25, 0.3) is 0 Å². The van der Waals surface area contributed by atoms with E-state index in [1.54, 1.807) is 6.08 Å². The lowest BCUT2D eigenvalue weighted by Gasteiger charge is -2.29. The van der Waals surface area contributed by atoms with Crippen LogP contribution in [0.4, 0.5) is 0 Å². The van der Waals surface area contributed by atoms with Gasteiger partial charge in [0.1, 0.15) is 6.54 Å². The van der Waals surface area contributed by atoms with Gasteiger partial charge in [-0.25, -0.2) is 0 Å². The number of carboxylic acid groups (broad SMARTS) is 1. The van der Waals surface area contributed by atoms with Gasteiger partial charge in [-0.1, -0.05) is 25.8 Å². The minimum atomic E-state index is -0.975. The highest BCUT2D eigenvalue weighted by Gasteiger charge is 2.39. The molecular formula is C12H19NO3. The summed E-state index contributed by atoms with van der Waals surface area (Å²) in [5.74, 6) is -1.02. The summed E-state index contributed by atoms with van der Waals surface area (Å²) in [5.41, 5.74) is -0.363. The van der Waals surface area contributed by atoms with E-state index in [9.17, 15) is 9.59 Å². The van der Waals surface area contributed by atoms with Gasteiger partial charge < -0.3 is 10.0 Å². The first-order valence-electron chi connectivity index (χ1n) is 5.62. The number of nitrogens with zero attached hydrogens (tertiary/aromatic N) is 1. The predicted octanol–water partition coefficient (Wildman–Crippen LogP) is 1.67. The lowest BCUT2D eigenvalue weighted by Crippen LogP contribution is -2.43. The molecule has 4 heteroatoms. The van der Waals surface area contributed by atoms with Crippen molar-refractivity contribution in [2.24, 2.45) is 5.41 Å². The van der Waals surface area contributed by atoms with Crippen molar-refractivity contribution in [3.8, 4) is 0 Å². The van der Waals surface area contributed by atoms with Crippen LogP contribution in [0.25, 0.3) is 0 Å². The van der Waals surface area contributed by atoms with Crippen molar-refractivity contribution in [1.82, 2.24) is 4.90 Å². The first-order valence-corrected chi connectivity index (χ1v) is 5.62. The van der Waals surface area contributed by atoms with Crippen LogP contribution < -0.4 is 0 Å². The topological polar surface area (TPSA) is 57.6 Å². The van der Waals surface area contributed by atoms with Crippen LogP contribution in [-0.4, -0.2) is 35.0 Å². The smallest absolute Gasteiger partial charge is 0.323 e. The molecule has 1 N–H and O–H groups in total. The Morgan fingerprint density at radius 1 is 1.44 bits per heavy atom. The summed E-state index contributed by atoms with van der Waals surface area (Å²) in [6, 6.07) is 0. The summed E-state index contributed by atoms with van der Waals surface area (Å²) < 4.78 is 0. The first kappa shape index (κ1) is 12.7. The Hall–Kier alpha value is -1.32. The summed E-state index contributed by atoms with van der Waals surface area (Å²) >= 11 is 0. The van der Waals surface area contributed by atoms with Crippen molar-refractivity contribution in [2.75, 3.05) is 13.1 Å². The fourth-order valence-corrected chi connectivity index (χ4v) is 2.29. The molecular weight excluding hydrogens is 206 g/mol. The molecule has 1 aliphatic rings. The first-order chi connectivity index (χ1) is 7.49. The van der Waals surface area contributed by atoms with Crippen molar-refractivity contribution < 1.29 is 14.7 Å². The molecule has 0 bridgehead atoms. The monoisotopic (exact) mass is 225 g/mol. The predicted molar refractivity (Wildman–Crippen MR) is 61.0 cm³/mol. The fraction of sp³-hybridized carbons (Fsp3) is 0.667. The zero-order chi connectivity index (χ0) is 12.2. The second-order valence-corrected chi connectivity index (χ2v) is 4.64. The summed E-state index contributed by atoms with van der Waals surface area (Å²) in [5, 5.41) is 8.76. The summed E-state index contributed by atoms with van der Waals surface area (Å²) in [7, 11) is 0. The van der Waals surface area contributed by atoms with Gasteiger partial charge in [0, 0.05) is 12.0 Å². The zero-order valence-electron chi connectivity index (χ0n) is 9.74. The molecule has 0 unspecified atom stereocenters. The minimum Gasteiger partial charge on any atom is -0.480 e. The van der Waals surface area contributed by atoms with E-state index in [2.05, 4.69) is 6.58 Å². The second kappa shape index (κ2) is 5.14. The number of hydrogen-bond donors (Lipinski definition) is 1. The third kappa shape index (κ3) is 2.84. The number of rotatable bonds is 5. The molecule has 1 saturated carbocycles. The van der Waals surface area contributed by atoms with E-state index in [1.165, 1.54) is 4.90 Å². The lowest BCUT2D eigenvalue weighted by atomic mass is 9.87. The average Bonchev–Trinajstić information content (AvgIpc) is 2.64. The van der Waals surface area contributed by atoms with Crippen molar-refractivity contribution in [3.63, 3.8) is 0 Å². The Kier molecular flexibility index (Phi) is 4.10. The highest BCUT2D eigenvalue weighted by molar-refractivity contribution is 5.86. The summed E-state index contributed by atoms with van der Waals surface area (Å²) in [4.78, 5) is 24.3. The highest BCUT2D eigenvalue weighted by atomic mass is 16.4. The van der Waals surface area contributed by atoms with Gasteiger partial charge in [-0.05, 0) is 12.8 Å². The normalized spacial score (nSPS) is 18.1. The van der Waals surface area contributed by atoms with Gasteiger partial charge in [0.15, 0.2) is 0 Å². The number of carbonyl (C=O) groups is 2. The van der Waals surface area contributed by atoms with Crippen molar-refractivity contribution >= 4 is 11.9 Å². The third-order valence-electron chi connectivity index (χ3n) is 3.19. The maximum absolute atomic E-state index is 12.2. The SMILES string of the molecule is C=CCN(CC(=O)O)C(=O)C1(C)CCCC1. The molecule has 0 atom stereocenters. The van der Waals surface area contributed by atoms with E-state index in [1.807, 2.05) is 6.92 Å². The summed E-state index contributed by atoms with van der Waals surface area (Å²) in [6.07, 6.45) is 5.39. The number of carbonyl (C=O) groups excluding carboxylic acids is 1. The van der Waals surface area contributed by atoms with Crippen LogP contribution in [0.5, 0.6) is 0 Å². The molecule has 0 heterocycles. The van der Waals surface area contributed by atoms with Crippen LogP contribution >= 0.6 is 0 Å². The number of carboxylic acids is 1. The number of hydrogen-bond acceptors (Lipinski definition) is 2. The molecule has 0 spiro atoms. The van der Waals surface area contributed by atoms with E-state index in [0.717, 1.165) is 25.7 Å². The van der Waals surface area contributed by atoms with Gasteiger partial charge >= 0.3 is 5.97 Å². The molecule has 0 aromatic heterocycles. The molecule has 1 amide bonds. The van der Waals surface area contributed by atoms with Crippen LogP contribution in [0.1, 0.15) is 32.6 Å². The molecule has 16 heavy (non-hydrogen) atoms. The molecule has 0 saturated heterocycles. The van der Waals surface area contributed by atoms with Crippen molar-refractivity contribution in [1.29, 1.82) is 0 Å². The number of aliphatic carboxylic acids is 1. The van der Waals surface area contributed by atoms with Gasteiger partial charge in [-0.15, -0.1) is 6.58 Å². The Morgan fingerprint density at radius 3 is 2.44 bits per heavy atom. The molecule has 4 nitrogen and oxygen atoms in total. The van der Waals surface area contributed by atoms with E-state index in [0.29, 0.717) is 6.54 Å². The Morgan fingerprint density at radius 2 is 2.00 bits per heavy atom. The molecule has 90 valence electrons. The van der Waals surface area contributed by atoms with Crippen LogP contribution in [0.3, 0.4) is 0 Å². The van der Waals surface area contributed by atoms with E-state index >= 15 is 0 Å². The molecule has 1 fully saturated rings. The fourth-order valence-electron chi connectivity index (χ4n) is 2.29. The zero-order valence-corrected chi connectivity index (χ0v) is 9.74. The van der Waals surface area contributed by atoms with E-state index in [4.69, 9.17) is 5.11 Å². The van der Waals surface area contributed by atoms with Crippen LogP contribution in [0.15, 0.2) is 12.7 Å². The number of amides is 1. The van der Waals surface area contributed by atoms with Crippen LogP contribution in [0, 0.1) is 5.41 Å². The highest BCUT2D eigenvalue weighted by Crippen LogP contribution is 2.39. The molecule has 0 aromatic rings. The maximum Gasteiger partial charge on any atom is 0.323 e. The quantitative estimate of drug-likeness (QED) is 0.724. The molecule has 1 aliphatic carbocycles. The van der Waals surface area contributed by atoms with E-state index < -0.39 is 5.97 Å². The summed E-state index contributed by atoms with van der Waals surface area (Å²) in [6.45, 7) is 5.55. The third-order valence-corrected chi connectivity index (χ3v) is 3.19. The average molecular weight is 225 g/mol. The molecule has 0 aromatic carbocycles. The van der Waals surface area contributed by atoms with Crippen molar-refractivity contribution in [3.05, 3.63) is 12.7 Å². The standard InChI is InChI=1S/C12H19NO3/c1-3-8-13(9-10(14)15)11(16)12(2)6-4-5-7-12/h3H,1,4-9H2,2H3,(H,14,15). The van der Waals surface area contributed by atoms with E-state index in [-0.39, 0.29) is 17.9 Å². The van der Waals surface area contributed by atoms with Gasteiger partial charge in [0.2, 0.25) is 5.91 Å². The van der Waals surface area contributed by atoms with Gasteiger partial charge in [-0.3, -0.25) is 9.59 Å². The van der Waals surface area contributed by atoms with Crippen LogP contribution in [-0.2, 0) is 9.59 Å². The molecule has 0 radical (unpaired) electrons. The Balaban J connectivity index is 2.72. The molecule has 0 aliphatic heterocycles. The Labute approximate surface area is 95.9 Å². The van der Waals surface area contributed by atoms with Gasteiger partial charge in [-0.2, -0.15) is 0 Å². The maximum atomic E-state index is 12.2. The minimum absolute atomic E-state index is 0.0488. The van der Waals surface area contributed by atoms with Crippen LogP contribution in [0.2, 0.25) is 0 Å². The second-order valence-electron chi connectivity index (χ2n) is 4.64. The largest absolute Gasteiger partial charge is 0.480 e. The lowest BCUT2D eigenvalue weighted by molar-refractivity contribution is -0.148. The molecule has 1 rings (SSSR count). The van der Waals surface area contributed by atoms with Gasteiger partial charge in [0.05, 0.1) is 0 Å². The van der Waals surface area contributed by atoms with Crippen molar-refractivity contribution in [2.45, 2.75) is 32.6 Å².